The maximum absolute atomic E-state index is 8.80. The standard InChI is InChI=1S/C40H26/c1-2-13-28(14-3-1)39-35-16-6-8-18-37(35)40(38-19-9-7-17-36(38)39)34-23-11-21-32-31(20-10-22-33(32)34)30-25-24-27-12-4-5-15-29(27)26-30/h1-26H/i2D,13D,14D. The molecule has 0 fully saturated rings. The van der Waals surface area contributed by atoms with E-state index in [0.717, 1.165) is 38.2 Å². The summed E-state index contributed by atoms with van der Waals surface area (Å²) in [7, 11) is 0. The Morgan fingerprint density at radius 3 is 1.65 bits per heavy atom. The summed E-state index contributed by atoms with van der Waals surface area (Å²) in [5.41, 5.74) is 6.01. The molecule has 8 rings (SSSR count). The van der Waals surface area contributed by atoms with E-state index in [-0.39, 0.29) is 18.1 Å². The molecule has 0 aliphatic rings. The van der Waals surface area contributed by atoms with Gasteiger partial charge in [0.1, 0.15) is 0 Å². The van der Waals surface area contributed by atoms with Crippen molar-refractivity contribution < 1.29 is 4.11 Å². The van der Waals surface area contributed by atoms with Crippen LogP contribution in [-0.2, 0) is 0 Å². The van der Waals surface area contributed by atoms with Crippen LogP contribution in [0.15, 0.2) is 158 Å². The summed E-state index contributed by atoms with van der Waals surface area (Å²) in [6.45, 7) is 0. The van der Waals surface area contributed by atoms with E-state index in [1.807, 2.05) is 12.1 Å². The highest BCUT2D eigenvalue weighted by Gasteiger charge is 2.18. The van der Waals surface area contributed by atoms with Crippen LogP contribution in [0.4, 0.5) is 0 Å². The average Bonchev–Trinajstić information content (AvgIpc) is 3.05. The van der Waals surface area contributed by atoms with Crippen LogP contribution in [-0.4, -0.2) is 0 Å². The fourth-order valence-corrected chi connectivity index (χ4v) is 6.28. The second-order valence-electron chi connectivity index (χ2n) is 10.2. The molecule has 0 atom stereocenters. The van der Waals surface area contributed by atoms with E-state index in [2.05, 4.69) is 115 Å². The van der Waals surface area contributed by atoms with Crippen molar-refractivity contribution in [2.45, 2.75) is 0 Å². The Morgan fingerprint density at radius 1 is 0.350 bits per heavy atom. The van der Waals surface area contributed by atoms with Gasteiger partial charge in [0.2, 0.25) is 0 Å². The summed E-state index contributed by atoms with van der Waals surface area (Å²) < 4.78 is 25.9. The Morgan fingerprint density at radius 2 is 0.925 bits per heavy atom. The van der Waals surface area contributed by atoms with Gasteiger partial charge in [0.25, 0.3) is 0 Å². The summed E-state index contributed by atoms with van der Waals surface area (Å²) in [5.74, 6) is 0. The third-order valence-corrected chi connectivity index (χ3v) is 8.02. The quantitative estimate of drug-likeness (QED) is 0.208. The molecule has 0 amide bonds. The van der Waals surface area contributed by atoms with Gasteiger partial charge >= 0.3 is 0 Å². The first-order valence-corrected chi connectivity index (χ1v) is 13.6. The molecule has 0 nitrogen and oxygen atoms in total. The lowest BCUT2D eigenvalue weighted by Gasteiger charge is -2.19. The Labute approximate surface area is 238 Å². The van der Waals surface area contributed by atoms with Gasteiger partial charge in [-0.05, 0) is 82.5 Å². The molecule has 0 saturated heterocycles. The van der Waals surface area contributed by atoms with Crippen LogP contribution in [0.1, 0.15) is 4.11 Å². The minimum Gasteiger partial charge on any atom is -0.0622 e. The molecule has 0 bridgehead atoms. The molecule has 186 valence electrons. The van der Waals surface area contributed by atoms with E-state index < -0.39 is 0 Å². The van der Waals surface area contributed by atoms with Gasteiger partial charge in [0.05, 0.1) is 4.11 Å². The fourth-order valence-electron chi connectivity index (χ4n) is 6.28. The van der Waals surface area contributed by atoms with Crippen molar-refractivity contribution >= 4 is 43.1 Å². The molecule has 0 N–H and O–H groups in total. The highest BCUT2D eigenvalue weighted by atomic mass is 14.2. The third-order valence-electron chi connectivity index (χ3n) is 8.02. The van der Waals surface area contributed by atoms with Crippen molar-refractivity contribution in [3.05, 3.63) is 158 Å². The predicted molar refractivity (Wildman–Crippen MR) is 173 cm³/mol. The zero-order chi connectivity index (χ0) is 29.1. The second kappa shape index (κ2) is 9.22. The number of hydrogen-bond donors (Lipinski definition) is 0. The summed E-state index contributed by atoms with van der Waals surface area (Å²) >= 11 is 0. The Bertz CT molecular complexity index is 2330. The maximum Gasteiger partial charge on any atom is 0.0629 e. The highest BCUT2D eigenvalue weighted by molar-refractivity contribution is 6.24. The highest BCUT2D eigenvalue weighted by Crippen LogP contribution is 2.46. The van der Waals surface area contributed by atoms with Crippen LogP contribution in [0.5, 0.6) is 0 Å². The van der Waals surface area contributed by atoms with E-state index in [1.54, 1.807) is 6.07 Å². The molecular formula is C40H26. The number of fused-ring (bicyclic) bond motifs is 4. The van der Waals surface area contributed by atoms with E-state index in [9.17, 15) is 0 Å². The molecule has 0 spiro atoms. The summed E-state index contributed by atoms with van der Waals surface area (Å²) in [5, 5.41) is 8.90. The molecule has 8 aromatic rings. The van der Waals surface area contributed by atoms with Crippen molar-refractivity contribution in [3.63, 3.8) is 0 Å². The van der Waals surface area contributed by atoms with Crippen molar-refractivity contribution in [3.8, 4) is 33.4 Å². The van der Waals surface area contributed by atoms with E-state index in [4.69, 9.17) is 4.11 Å². The molecular weight excluding hydrogens is 480 g/mol. The molecule has 0 aliphatic heterocycles. The van der Waals surface area contributed by atoms with Gasteiger partial charge < -0.3 is 0 Å². The van der Waals surface area contributed by atoms with Crippen molar-refractivity contribution in [2.75, 3.05) is 0 Å². The van der Waals surface area contributed by atoms with Crippen molar-refractivity contribution in [2.24, 2.45) is 0 Å². The molecule has 0 unspecified atom stereocenters. The van der Waals surface area contributed by atoms with Crippen LogP contribution in [0.3, 0.4) is 0 Å². The van der Waals surface area contributed by atoms with Gasteiger partial charge in [-0.3, -0.25) is 0 Å². The van der Waals surface area contributed by atoms with E-state index in [0.29, 0.717) is 5.56 Å². The number of rotatable bonds is 3. The van der Waals surface area contributed by atoms with Gasteiger partial charge in [-0.1, -0.05) is 152 Å². The first-order chi connectivity index (χ1) is 21.1. The van der Waals surface area contributed by atoms with Gasteiger partial charge in [0.15, 0.2) is 0 Å². The zero-order valence-electron chi connectivity index (χ0n) is 24.8. The van der Waals surface area contributed by atoms with Gasteiger partial charge in [-0.15, -0.1) is 0 Å². The van der Waals surface area contributed by atoms with Crippen molar-refractivity contribution in [1.82, 2.24) is 0 Å². The molecule has 40 heavy (non-hydrogen) atoms. The molecule has 0 saturated carbocycles. The molecule has 0 aliphatic carbocycles. The predicted octanol–water partition coefficient (Wildman–Crippen LogP) is 11.3. The Hall–Kier alpha value is -5.20. The second-order valence-corrected chi connectivity index (χ2v) is 10.2. The topological polar surface area (TPSA) is 0 Å². The first-order valence-electron chi connectivity index (χ1n) is 15.1. The third kappa shape index (κ3) is 3.54. The van der Waals surface area contributed by atoms with Gasteiger partial charge in [0, 0.05) is 0 Å². The largest absolute Gasteiger partial charge is 0.0629 e. The van der Waals surface area contributed by atoms with E-state index >= 15 is 0 Å². The average molecular weight is 510 g/mol. The Kier molecular flexibility index (Phi) is 4.57. The van der Waals surface area contributed by atoms with Crippen LogP contribution in [0.25, 0.3) is 76.5 Å². The van der Waals surface area contributed by atoms with Crippen LogP contribution < -0.4 is 0 Å². The number of hydrogen-bond acceptors (Lipinski definition) is 0. The summed E-state index contributed by atoms with van der Waals surface area (Å²) in [4.78, 5) is 0. The minimum atomic E-state index is 0.0840. The lowest BCUT2D eigenvalue weighted by atomic mass is 9.84. The molecule has 0 heteroatoms. The Balaban J connectivity index is 1.47. The van der Waals surface area contributed by atoms with Crippen LogP contribution in [0.2, 0.25) is 0 Å². The fraction of sp³-hybridized carbons (Fsp3) is 0. The lowest BCUT2D eigenvalue weighted by molar-refractivity contribution is 1.65. The van der Waals surface area contributed by atoms with Gasteiger partial charge in [-0.2, -0.15) is 0 Å². The summed E-state index contributed by atoms with van der Waals surface area (Å²) in [6.07, 6.45) is 0. The molecule has 0 aromatic heterocycles. The summed E-state index contributed by atoms with van der Waals surface area (Å²) in [6, 6.07) is 48.5. The monoisotopic (exact) mass is 509 g/mol. The smallest absolute Gasteiger partial charge is 0.0622 e. The number of benzene rings is 8. The van der Waals surface area contributed by atoms with Crippen molar-refractivity contribution in [1.29, 1.82) is 0 Å². The minimum absolute atomic E-state index is 0.0840. The normalized spacial score (nSPS) is 12.6. The van der Waals surface area contributed by atoms with E-state index in [1.165, 1.54) is 38.7 Å². The van der Waals surface area contributed by atoms with Crippen LogP contribution >= 0.6 is 0 Å². The molecule has 8 aromatic carbocycles. The van der Waals surface area contributed by atoms with Gasteiger partial charge in [-0.25, -0.2) is 0 Å². The lowest BCUT2D eigenvalue weighted by Crippen LogP contribution is -1.92. The first kappa shape index (κ1) is 19.8. The maximum atomic E-state index is 8.80. The molecule has 0 heterocycles. The zero-order valence-corrected chi connectivity index (χ0v) is 21.8. The van der Waals surface area contributed by atoms with Crippen LogP contribution in [0, 0.1) is 0 Å². The molecule has 0 radical (unpaired) electrons. The SMILES string of the molecule is [2H]c1ccc([2H])c(-c2c3ccccc3c(-c3cccc4c(-c5ccc6ccccc6c5)cccc34)c3ccccc23)c1[2H].